The summed E-state index contributed by atoms with van der Waals surface area (Å²) in [5.41, 5.74) is 0. The maximum atomic E-state index is 9.96. The number of rotatable bonds is 4. The van der Waals surface area contributed by atoms with E-state index in [-0.39, 0.29) is 6.10 Å². The molecular weight excluding hydrogens is 172 g/mol. The summed E-state index contributed by atoms with van der Waals surface area (Å²) < 4.78 is 0. The van der Waals surface area contributed by atoms with Crippen LogP contribution in [0.1, 0.15) is 59.3 Å². The van der Waals surface area contributed by atoms with Crippen LogP contribution in [0.25, 0.3) is 0 Å². The van der Waals surface area contributed by atoms with Crippen molar-refractivity contribution in [2.45, 2.75) is 65.4 Å². The van der Waals surface area contributed by atoms with E-state index in [1.54, 1.807) is 0 Å². The highest BCUT2D eigenvalue weighted by molar-refractivity contribution is 4.83. The molecule has 1 aliphatic rings. The van der Waals surface area contributed by atoms with Crippen LogP contribution < -0.4 is 0 Å². The van der Waals surface area contributed by atoms with Crippen molar-refractivity contribution >= 4 is 0 Å². The molecule has 0 amide bonds. The van der Waals surface area contributed by atoms with Gasteiger partial charge in [0.15, 0.2) is 0 Å². The van der Waals surface area contributed by atoms with Crippen molar-refractivity contribution in [1.29, 1.82) is 0 Å². The second-order valence-electron chi connectivity index (χ2n) is 5.09. The quantitative estimate of drug-likeness (QED) is 0.731. The Morgan fingerprint density at radius 2 is 1.86 bits per heavy atom. The normalized spacial score (nSPS) is 38.6. The molecule has 1 N–H and O–H groups in total. The molecule has 0 saturated heterocycles. The van der Waals surface area contributed by atoms with Crippen LogP contribution in [0.3, 0.4) is 0 Å². The van der Waals surface area contributed by atoms with Gasteiger partial charge in [-0.05, 0) is 30.6 Å². The average Bonchev–Trinajstić information content (AvgIpc) is 2.18. The van der Waals surface area contributed by atoms with Gasteiger partial charge in [0.05, 0.1) is 6.10 Å². The highest BCUT2D eigenvalue weighted by atomic mass is 16.3. The Morgan fingerprint density at radius 3 is 2.43 bits per heavy atom. The van der Waals surface area contributed by atoms with E-state index in [4.69, 9.17) is 0 Å². The van der Waals surface area contributed by atoms with Gasteiger partial charge < -0.3 is 5.11 Å². The second-order valence-corrected chi connectivity index (χ2v) is 5.09. The fourth-order valence-corrected chi connectivity index (χ4v) is 2.87. The van der Waals surface area contributed by atoms with E-state index in [1.165, 1.54) is 25.7 Å². The van der Waals surface area contributed by atoms with Crippen LogP contribution in [0.15, 0.2) is 0 Å². The minimum atomic E-state index is -0.0157. The highest BCUT2D eigenvalue weighted by Gasteiger charge is 2.32. The molecule has 1 heteroatoms. The Balaban J connectivity index is 2.40. The first-order valence-electron chi connectivity index (χ1n) is 6.37. The van der Waals surface area contributed by atoms with Gasteiger partial charge in [-0.1, -0.05) is 46.5 Å². The molecule has 14 heavy (non-hydrogen) atoms. The van der Waals surface area contributed by atoms with Gasteiger partial charge in [-0.25, -0.2) is 0 Å². The van der Waals surface area contributed by atoms with Crippen LogP contribution >= 0.6 is 0 Å². The molecule has 0 aromatic rings. The summed E-state index contributed by atoms with van der Waals surface area (Å²) in [4.78, 5) is 0. The molecule has 0 aromatic heterocycles. The van der Waals surface area contributed by atoms with E-state index in [1.807, 2.05) is 0 Å². The van der Waals surface area contributed by atoms with Crippen molar-refractivity contribution in [2.24, 2.45) is 17.8 Å². The summed E-state index contributed by atoms with van der Waals surface area (Å²) in [7, 11) is 0. The largest absolute Gasteiger partial charge is 0.393 e. The van der Waals surface area contributed by atoms with Crippen LogP contribution in [0.5, 0.6) is 0 Å². The van der Waals surface area contributed by atoms with Gasteiger partial charge in [-0.2, -0.15) is 0 Å². The van der Waals surface area contributed by atoms with Crippen LogP contribution in [0.4, 0.5) is 0 Å². The molecule has 84 valence electrons. The number of hydrogen-bond acceptors (Lipinski definition) is 1. The van der Waals surface area contributed by atoms with Gasteiger partial charge in [0.25, 0.3) is 0 Å². The van der Waals surface area contributed by atoms with Crippen molar-refractivity contribution in [2.75, 3.05) is 0 Å². The minimum Gasteiger partial charge on any atom is -0.393 e. The third-order valence-electron chi connectivity index (χ3n) is 4.02. The SMILES string of the molecule is CCCCC1CC(O)C(CC)CC1C. The molecule has 0 aromatic carbocycles. The van der Waals surface area contributed by atoms with Crippen LogP contribution in [-0.2, 0) is 0 Å². The summed E-state index contributed by atoms with van der Waals surface area (Å²) in [5.74, 6) is 2.19. The van der Waals surface area contributed by atoms with Crippen LogP contribution in [0.2, 0.25) is 0 Å². The van der Waals surface area contributed by atoms with Crippen molar-refractivity contribution in [1.82, 2.24) is 0 Å². The number of hydrogen-bond donors (Lipinski definition) is 1. The fourth-order valence-electron chi connectivity index (χ4n) is 2.87. The Labute approximate surface area is 88.9 Å². The Hall–Kier alpha value is -0.0400. The summed E-state index contributed by atoms with van der Waals surface area (Å²) in [6.07, 6.45) is 7.37. The first-order valence-corrected chi connectivity index (χ1v) is 6.37. The average molecular weight is 198 g/mol. The molecule has 1 nitrogen and oxygen atoms in total. The van der Waals surface area contributed by atoms with Gasteiger partial charge in [-0.3, -0.25) is 0 Å². The number of aliphatic hydroxyl groups excluding tert-OH is 1. The Kier molecular flexibility index (Phi) is 4.94. The van der Waals surface area contributed by atoms with Gasteiger partial charge in [0.1, 0.15) is 0 Å². The van der Waals surface area contributed by atoms with Crippen molar-refractivity contribution in [3.8, 4) is 0 Å². The van der Waals surface area contributed by atoms with E-state index in [0.29, 0.717) is 5.92 Å². The topological polar surface area (TPSA) is 20.2 Å². The summed E-state index contributed by atoms with van der Waals surface area (Å²) in [6.45, 7) is 6.82. The highest BCUT2D eigenvalue weighted by Crippen LogP contribution is 2.37. The molecule has 0 heterocycles. The third kappa shape index (κ3) is 2.98. The van der Waals surface area contributed by atoms with Crippen LogP contribution in [-0.4, -0.2) is 11.2 Å². The molecule has 0 aliphatic heterocycles. The van der Waals surface area contributed by atoms with E-state index in [2.05, 4.69) is 20.8 Å². The maximum Gasteiger partial charge on any atom is 0.0571 e. The summed E-state index contributed by atoms with van der Waals surface area (Å²) in [5, 5.41) is 9.96. The first-order chi connectivity index (χ1) is 6.69. The lowest BCUT2D eigenvalue weighted by molar-refractivity contribution is 0.0147. The van der Waals surface area contributed by atoms with Crippen molar-refractivity contribution in [3.05, 3.63) is 0 Å². The van der Waals surface area contributed by atoms with Crippen molar-refractivity contribution < 1.29 is 5.11 Å². The molecule has 1 aliphatic carbocycles. The first kappa shape index (κ1) is 12.0. The predicted octanol–water partition coefficient (Wildman–Crippen LogP) is 3.61. The van der Waals surface area contributed by atoms with Crippen LogP contribution in [0, 0.1) is 17.8 Å². The molecular formula is C13H26O. The van der Waals surface area contributed by atoms with E-state index >= 15 is 0 Å². The maximum absolute atomic E-state index is 9.96. The predicted molar refractivity (Wildman–Crippen MR) is 61.2 cm³/mol. The lowest BCUT2D eigenvalue weighted by atomic mass is 9.71. The fraction of sp³-hybridized carbons (Fsp3) is 1.00. The zero-order valence-electron chi connectivity index (χ0n) is 10.00. The van der Waals surface area contributed by atoms with E-state index in [9.17, 15) is 5.11 Å². The Morgan fingerprint density at radius 1 is 1.14 bits per heavy atom. The number of aliphatic hydroxyl groups is 1. The lowest BCUT2D eigenvalue weighted by Crippen LogP contribution is -2.33. The lowest BCUT2D eigenvalue weighted by Gasteiger charge is -2.37. The molecule has 0 radical (unpaired) electrons. The molecule has 0 spiro atoms. The summed E-state index contributed by atoms with van der Waals surface area (Å²) >= 11 is 0. The monoisotopic (exact) mass is 198 g/mol. The molecule has 1 saturated carbocycles. The second kappa shape index (κ2) is 5.75. The Bertz CT molecular complexity index is 155. The van der Waals surface area contributed by atoms with Gasteiger partial charge in [0.2, 0.25) is 0 Å². The molecule has 4 atom stereocenters. The van der Waals surface area contributed by atoms with Gasteiger partial charge in [0, 0.05) is 0 Å². The van der Waals surface area contributed by atoms with Gasteiger partial charge >= 0.3 is 0 Å². The molecule has 0 bridgehead atoms. The third-order valence-corrected chi connectivity index (χ3v) is 4.02. The van der Waals surface area contributed by atoms with Gasteiger partial charge in [-0.15, -0.1) is 0 Å². The standard InChI is InChI=1S/C13H26O/c1-4-6-7-12-9-13(14)11(5-2)8-10(12)3/h10-14H,4-9H2,1-3H3. The number of unbranched alkanes of at least 4 members (excludes halogenated alkanes) is 1. The minimum absolute atomic E-state index is 0.0157. The van der Waals surface area contributed by atoms with Crippen molar-refractivity contribution in [3.63, 3.8) is 0 Å². The molecule has 1 fully saturated rings. The zero-order chi connectivity index (χ0) is 10.6. The van der Waals surface area contributed by atoms with E-state index in [0.717, 1.165) is 24.7 Å². The molecule has 4 unspecified atom stereocenters. The summed E-state index contributed by atoms with van der Waals surface area (Å²) in [6, 6.07) is 0. The molecule has 1 rings (SSSR count). The van der Waals surface area contributed by atoms with E-state index < -0.39 is 0 Å². The smallest absolute Gasteiger partial charge is 0.0571 e. The zero-order valence-corrected chi connectivity index (χ0v) is 10.00.